The highest BCUT2D eigenvalue weighted by Crippen LogP contribution is 2.26. The minimum absolute atomic E-state index is 0.0688. The van der Waals surface area contributed by atoms with Crippen molar-refractivity contribution in [2.45, 2.75) is 13.3 Å². The molecule has 5 nitrogen and oxygen atoms in total. The van der Waals surface area contributed by atoms with Gasteiger partial charge in [0.25, 0.3) is 5.91 Å². The van der Waals surface area contributed by atoms with Gasteiger partial charge in [-0.25, -0.2) is 0 Å². The lowest BCUT2D eigenvalue weighted by molar-refractivity contribution is 0.0992. The van der Waals surface area contributed by atoms with Crippen LogP contribution in [0.2, 0.25) is 5.02 Å². The Bertz CT molecular complexity index is 1050. The molecule has 0 radical (unpaired) electrons. The highest BCUT2D eigenvalue weighted by atomic mass is 35.5. The average molecular weight is 424 g/mol. The zero-order valence-corrected chi connectivity index (χ0v) is 17.5. The number of amides is 1. The van der Waals surface area contributed by atoms with Gasteiger partial charge in [-0.3, -0.25) is 9.59 Å². The molecule has 0 bridgehead atoms. The smallest absolute Gasteiger partial charge is 0.256 e. The van der Waals surface area contributed by atoms with Gasteiger partial charge in [-0.05, 0) is 61.0 Å². The van der Waals surface area contributed by atoms with Crippen LogP contribution in [0.3, 0.4) is 0 Å². The van der Waals surface area contributed by atoms with E-state index < -0.39 is 0 Å². The van der Waals surface area contributed by atoms with Crippen LogP contribution in [0.1, 0.15) is 33.2 Å². The number of halogens is 1. The Morgan fingerprint density at radius 2 is 1.73 bits per heavy atom. The van der Waals surface area contributed by atoms with Crippen LogP contribution in [0.15, 0.2) is 66.7 Å². The zero-order chi connectivity index (χ0) is 21.5. The third-order valence-electron chi connectivity index (χ3n) is 4.51. The van der Waals surface area contributed by atoms with Gasteiger partial charge >= 0.3 is 0 Å². The molecule has 1 amide bonds. The Hall–Kier alpha value is -3.31. The molecule has 0 spiro atoms. The number of Topliss-reactive ketones (excluding diaryl/α,β-unsaturated/α-hetero) is 1. The van der Waals surface area contributed by atoms with Gasteiger partial charge in [0.2, 0.25) is 0 Å². The predicted molar refractivity (Wildman–Crippen MR) is 118 cm³/mol. The number of hydrogen-bond donors (Lipinski definition) is 1. The molecule has 0 heterocycles. The van der Waals surface area contributed by atoms with Crippen LogP contribution in [-0.2, 0) is 6.42 Å². The molecule has 0 atom stereocenters. The molecule has 0 saturated heterocycles. The van der Waals surface area contributed by atoms with Crippen LogP contribution in [0.5, 0.6) is 11.5 Å². The predicted octanol–water partition coefficient (Wildman–Crippen LogP) is 5.43. The fourth-order valence-electron chi connectivity index (χ4n) is 3.01. The number of ketones is 1. The standard InChI is InChI=1S/C24H22ClNO4/c1-3-30-23-7-5-4-6-21(23)26-24(28)20-15-18(25)11-8-17(20)14-22(27)16-9-12-19(29-2)13-10-16/h4-13,15H,3,14H2,1-2H3,(H,26,28). The molecule has 3 rings (SSSR count). The molecule has 0 aliphatic rings. The minimum atomic E-state index is -0.359. The van der Waals surface area contributed by atoms with E-state index in [-0.39, 0.29) is 18.1 Å². The van der Waals surface area contributed by atoms with E-state index in [1.54, 1.807) is 61.7 Å². The summed E-state index contributed by atoms with van der Waals surface area (Å²) in [5, 5.41) is 3.27. The number of para-hydroxylation sites is 2. The summed E-state index contributed by atoms with van der Waals surface area (Å²) >= 11 is 6.13. The van der Waals surface area contributed by atoms with Gasteiger partial charge in [-0.15, -0.1) is 0 Å². The van der Waals surface area contributed by atoms with Crippen molar-refractivity contribution in [3.05, 3.63) is 88.4 Å². The topological polar surface area (TPSA) is 64.6 Å². The fourth-order valence-corrected chi connectivity index (χ4v) is 3.18. The Balaban J connectivity index is 1.84. The fraction of sp³-hybridized carbons (Fsp3) is 0.167. The van der Waals surface area contributed by atoms with Gasteiger partial charge in [0, 0.05) is 22.6 Å². The molecule has 0 aliphatic heterocycles. The molecular weight excluding hydrogens is 402 g/mol. The highest BCUT2D eigenvalue weighted by molar-refractivity contribution is 6.31. The van der Waals surface area contributed by atoms with E-state index in [2.05, 4.69) is 5.32 Å². The van der Waals surface area contributed by atoms with Gasteiger partial charge in [0.15, 0.2) is 5.78 Å². The van der Waals surface area contributed by atoms with E-state index >= 15 is 0 Å². The van der Waals surface area contributed by atoms with Crippen LogP contribution in [-0.4, -0.2) is 25.4 Å². The maximum Gasteiger partial charge on any atom is 0.256 e. The number of methoxy groups -OCH3 is 1. The normalized spacial score (nSPS) is 10.4. The van der Waals surface area contributed by atoms with E-state index in [1.165, 1.54) is 0 Å². The summed E-state index contributed by atoms with van der Waals surface area (Å²) in [6.07, 6.45) is 0.0688. The Morgan fingerprint density at radius 3 is 2.43 bits per heavy atom. The average Bonchev–Trinajstić information content (AvgIpc) is 2.76. The second-order valence-electron chi connectivity index (χ2n) is 6.51. The maximum absolute atomic E-state index is 13.0. The first-order valence-electron chi connectivity index (χ1n) is 9.50. The Kier molecular flexibility index (Phi) is 7.09. The molecule has 30 heavy (non-hydrogen) atoms. The van der Waals surface area contributed by atoms with Gasteiger partial charge in [-0.2, -0.15) is 0 Å². The Labute approximate surface area is 180 Å². The van der Waals surface area contributed by atoms with Crippen molar-refractivity contribution in [3.63, 3.8) is 0 Å². The summed E-state index contributed by atoms with van der Waals surface area (Å²) in [6, 6.07) is 19.0. The van der Waals surface area contributed by atoms with E-state index in [1.807, 2.05) is 19.1 Å². The first kappa shape index (κ1) is 21.4. The molecule has 0 aliphatic carbocycles. The molecule has 0 aromatic heterocycles. The van der Waals surface area contributed by atoms with Crippen LogP contribution in [0, 0.1) is 0 Å². The first-order valence-corrected chi connectivity index (χ1v) is 9.88. The summed E-state index contributed by atoms with van der Waals surface area (Å²) in [6.45, 7) is 2.35. The lowest BCUT2D eigenvalue weighted by atomic mass is 9.98. The summed E-state index contributed by atoms with van der Waals surface area (Å²) < 4.78 is 10.7. The quantitative estimate of drug-likeness (QED) is 0.491. The molecule has 3 aromatic rings. The largest absolute Gasteiger partial charge is 0.497 e. The van der Waals surface area contributed by atoms with Crippen molar-refractivity contribution in [2.24, 2.45) is 0 Å². The molecular formula is C24H22ClNO4. The lowest BCUT2D eigenvalue weighted by Crippen LogP contribution is -2.17. The molecule has 154 valence electrons. The van der Waals surface area contributed by atoms with Crippen molar-refractivity contribution in [3.8, 4) is 11.5 Å². The van der Waals surface area contributed by atoms with E-state index in [9.17, 15) is 9.59 Å². The van der Waals surface area contributed by atoms with Crippen LogP contribution in [0.25, 0.3) is 0 Å². The molecule has 6 heteroatoms. The summed E-state index contributed by atoms with van der Waals surface area (Å²) in [5.41, 5.74) is 2.03. The highest BCUT2D eigenvalue weighted by Gasteiger charge is 2.17. The van der Waals surface area contributed by atoms with Crippen molar-refractivity contribution in [1.82, 2.24) is 0 Å². The number of hydrogen-bond acceptors (Lipinski definition) is 4. The van der Waals surface area contributed by atoms with E-state index in [4.69, 9.17) is 21.1 Å². The zero-order valence-electron chi connectivity index (χ0n) is 16.8. The van der Waals surface area contributed by atoms with Crippen LogP contribution in [0.4, 0.5) is 5.69 Å². The molecule has 3 aromatic carbocycles. The van der Waals surface area contributed by atoms with Crippen LogP contribution >= 0.6 is 11.6 Å². The van der Waals surface area contributed by atoms with E-state index in [0.29, 0.717) is 45.5 Å². The van der Waals surface area contributed by atoms with Crippen molar-refractivity contribution < 1.29 is 19.1 Å². The minimum Gasteiger partial charge on any atom is -0.497 e. The van der Waals surface area contributed by atoms with Crippen LogP contribution < -0.4 is 14.8 Å². The lowest BCUT2D eigenvalue weighted by Gasteiger charge is -2.13. The maximum atomic E-state index is 13.0. The number of nitrogens with one attached hydrogen (secondary N) is 1. The van der Waals surface area contributed by atoms with Gasteiger partial charge < -0.3 is 14.8 Å². The molecule has 0 saturated carbocycles. The number of benzene rings is 3. The third kappa shape index (κ3) is 5.19. The summed E-state index contributed by atoms with van der Waals surface area (Å²) in [7, 11) is 1.57. The number of rotatable bonds is 8. The second kappa shape index (κ2) is 9.94. The third-order valence-corrected chi connectivity index (χ3v) is 4.75. The summed E-state index contributed by atoms with van der Waals surface area (Å²) in [4.78, 5) is 25.7. The second-order valence-corrected chi connectivity index (χ2v) is 6.95. The van der Waals surface area contributed by atoms with Crippen molar-refractivity contribution >= 4 is 29.0 Å². The SMILES string of the molecule is CCOc1ccccc1NC(=O)c1cc(Cl)ccc1CC(=O)c1ccc(OC)cc1. The molecule has 0 unspecified atom stereocenters. The molecule has 0 fully saturated rings. The monoisotopic (exact) mass is 423 g/mol. The first-order chi connectivity index (χ1) is 14.5. The summed E-state index contributed by atoms with van der Waals surface area (Å²) in [5.74, 6) is 0.781. The number of carbonyl (C=O) groups excluding carboxylic acids is 2. The van der Waals surface area contributed by atoms with Crippen molar-refractivity contribution in [1.29, 1.82) is 0 Å². The van der Waals surface area contributed by atoms with Crippen molar-refractivity contribution in [2.75, 3.05) is 19.0 Å². The number of carbonyl (C=O) groups is 2. The van der Waals surface area contributed by atoms with Gasteiger partial charge in [-0.1, -0.05) is 29.8 Å². The van der Waals surface area contributed by atoms with E-state index in [0.717, 1.165) is 0 Å². The van der Waals surface area contributed by atoms with Gasteiger partial charge in [0.05, 0.1) is 19.4 Å². The number of anilines is 1. The molecule has 1 N–H and O–H groups in total. The van der Waals surface area contributed by atoms with Gasteiger partial charge in [0.1, 0.15) is 11.5 Å². The Morgan fingerprint density at radius 1 is 1.00 bits per heavy atom. The number of ether oxygens (including phenoxy) is 2.